The van der Waals surface area contributed by atoms with E-state index in [0.29, 0.717) is 5.82 Å². The van der Waals surface area contributed by atoms with Gasteiger partial charge in [-0.15, -0.1) is 0 Å². The summed E-state index contributed by atoms with van der Waals surface area (Å²) in [4.78, 5) is 15.0. The van der Waals surface area contributed by atoms with Crippen molar-refractivity contribution in [1.82, 2.24) is 4.98 Å². The second-order valence-electron chi connectivity index (χ2n) is 4.81. The molecule has 0 saturated heterocycles. The molecule has 0 radical (unpaired) electrons. The van der Waals surface area contributed by atoms with E-state index >= 15 is 0 Å². The Morgan fingerprint density at radius 3 is 2.84 bits per heavy atom. The number of aromatic nitrogens is 1. The van der Waals surface area contributed by atoms with Crippen LogP contribution in [-0.4, -0.2) is 33.8 Å². The fourth-order valence-electron chi connectivity index (χ4n) is 2.48. The molecule has 6 heteroatoms. The molecule has 1 aliphatic carbocycles. The van der Waals surface area contributed by atoms with Gasteiger partial charge in [0.25, 0.3) is 0 Å². The van der Waals surface area contributed by atoms with Gasteiger partial charge in [-0.2, -0.15) is 0 Å². The molecule has 0 amide bonds. The fourth-order valence-corrected chi connectivity index (χ4v) is 2.66. The molecule has 104 valence electrons. The highest BCUT2D eigenvalue weighted by molar-refractivity contribution is 6.33. The highest BCUT2D eigenvalue weighted by Gasteiger charge is 2.25. The first-order valence-electron chi connectivity index (χ1n) is 6.39. The number of hydrogen-bond donors (Lipinski definition) is 3. The first kappa shape index (κ1) is 14.1. The summed E-state index contributed by atoms with van der Waals surface area (Å²) in [5.74, 6) is -0.456. The summed E-state index contributed by atoms with van der Waals surface area (Å²) in [5, 5.41) is 21.7. The number of pyridine rings is 1. The Bertz CT molecular complexity index is 467. The summed E-state index contributed by atoms with van der Waals surface area (Å²) in [6.45, 7) is 0.136. The van der Waals surface area contributed by atoms with Crippen LogP contribution >= 0.6 is 11.6 Å². The van der Waals surface area contributed by atoms with Crippen LogP contribution in [0.15, 0.2) is 12.1 Å². The first-order valence-corrected chi connectivity index (χ1v) is 6.77. The van der Waals surface area contributed by atoms with Crippen molar-refractivity contribution in [2.24, 2.45) is 5.92 Å². The normalized spacial score (nSPS) is 23.1. The van der Waals surface area contributed by atoms with Crippen molar-refractivity contribution in [2.75, 3.05) is 11.9 Å². The van der Waals surface area contributed by atoms with Crippen molar-refractivity contribution in [3.63, 3.8) is 0 Å². The number of carboxylic acids is 1. The molecule has 0 spiro atoms. The van der Waals surface area contributed by atoms with E-state index < -0.39 is 5.97 Å². The molecule has 0 aromatic carbocycles. The smallest absolute Gasteiger partial charge is 0.356 e. The number of nitrogens with zero attached hydrogens (tertiary/aromatic N) is 1. The molecule has 1 aromatic rings. The van der Waals surface area contributed by atoms with Crippen molar-refractivity contribution >= 4 is 23.4 Å². The third-order valence-electron chi connectivity index (χ3n) is 3.53. The second kappa shape index (κ2) is 6.21. The molecule has 0 bridgehead atoms. The number of aliphatic hydroxyl groups excluding tert-OH is 1. The Hall–Kier alpha value is -1.33. The maximum absolute atomic E-state index is 11.0. The Balaban J connectivity index is 2.14. The van der Waals surface area contributed by atoms with Crippen molar-refractivity contribution < 1.29 is 15.0 Å². The lowest BCUT2D eigenvalue weighted by molar-refractivity contribution is 0.0691. The molecule has 1 saturated carbocycles. The molecular formula is C13H17ClN2O3. The van der Waals surface area contributed by atoms with Gasteiger partial charge in [-0.3, -0.25) is 0 Å². The number of carbonyl (C=O) groups is 1. The molecule has 2 rings (SSSR count). The number of halogens is 1. The van der Waals surface area contributed by atoms with Crippen LogP contribution in [0.2, 0.25) is 5.02 Å². The maximum atomic E-state index is 11.0. The molecule has 1 aromatic heterocycles. The van der Waals surface area contributed by atoms with Crippen molar-refractivity contribution in [3.05, 3.63) is 22.8 Å². The number of aromatic carboxylic acids is 1. The van der Waals surface area contributed by atoms with E-state index in [9.17, 15) is 9.90 Å². The van der Waals surface area contributed by atoms with E-state index in [1.165, 1.54) is 6.07 Å². The number of rotatable bonds is 4. The van der Waals surface area contributed by atoms with Gasteiger partial charge in [0.05, 0.1) is 5.02 Å². The summed E-state index contributed by atoms with van der Waals surface area (Å²) < 4.78 is 0. The monoisotopic (exact) mass is 284 g/mol. The average Bonchev–Trinajstić information content (AvgIpc) is 2.41. The summed E-state index contributed by atoms with van der Waals surface area (Å²) >= 11 is 5.78. The molecule has 1 aliphatic rings. The number of aliphatic hydroxyl groups is 1. The van der Waals surface area contributed by atoms with Gasteiger partial charge >= 0.3 is 5.97 Å². The van der Waals surface area contributed by atoms with E-state index in [1.807, 2.05) is 0 Å². The van der Waals surface area contributed by atoms with E-state index in [1.54, 1.807) is 6.07 Å². The highest BCUT2D eigenvalue weighted by atomic mass is 35.5. The minimum atomic E-state index is -1.14. The van der Waals surface area contributed by atoms with Gasteiger partial charge in [0.2, 0.25) is 0 Å². The average molecular weight is 285 g/mol. The first-order chi connectivity index (χ1) is 9.11. The highest BCUT2D eigenvalue weighted by Crippen LogP contribution is 2.27. The predicted molar refractivity (Wildman–Crippen MR) is 72.7 cm³/mol. The predicted octanol–water partition coefficient (Wildman–Crippen LogP) is 2.40. The van der Waals surface area contributed by atoms with Crippen LogP contribution in [0.25, 0.3) is 0 Å². The second-order valence-corrected chi connectivity index (χ2v) is 5.22. The summed E-state index contributed by atoms with van der Waals surface area (Å²) in [6.07, 6.45) is 4.16. The minimum absolute atomic E-state index is 0.125. The molecule has 0 aliphatic heterocycles. The zero-order chi connectivity index (χ0) is 13.8. The maximum Gasteiger partial charge on any atom is 0.356 e. The quantitative estimate of drug-likeness (QED) is 0.791. The number of nitrogens with one attached hydrogen (secondary N) is 1. The molecule has 19 heavy (non-hydrogen) atoms. The van der Waals surface area contributed by atoms with Gasteiger partial charge in [-0.05, 0) is 25.0 Å². The van der Waals surface area contributed by atoms with E-state index in [4.69, 9.17) is 16.7 Å². The van der Waals surface area contributed by atoms with Gasteiger partial charge < -0.3 is 15.5 Å². The number of anilines is 1. The SMILES string of the molecule is O=C(O)c1nc(NC2CCCCC2CO)ccc1Cl. The van der Waals surface area contributed by atoms with Gasteiger partial charge in [-0.1, -0.05) is 24.4 Å². The molecular weight excluding hydrogens is 268 g/mol. The van der Waals surface area contributed by atoms with E-state index in [2.05, 4.69) is 10.3 Å². The summed E-state index contributed by atoms with van der Waals surface area (Å²) in [7, 11) is 0. The Morgan fingerprint density at radius 1 is 1.42 bits per heavy atom. The van der Waals surface area contributed by atoms with Crippen LogP contribution in [0.5, 0.6) is 0 Å². The zero-order valence-electron chi connectivity index (χ0n) is 10.5. The largest absolute Gasteiger partial charge is 0.476 e. The standard InChI is InChI=1S/C13H17ClN2O3/c14-9-5-6-11(16-12(9)13(18)19)15-10-4-2-1-3-8(10)7-17/h5-6,8,10,17H,1-4,7H2,(H,15,16)(H,18,19). The molecule has 2 unspecified atom stereocenters. The van der Waals surface area contributed by atoms with Gasteiger partial charge in [-0.25, -0.2) is 9.78 Å². The minimum Gasteiger partial charge on any atom is -0.476 e. The van der Waals surface area contributed by atoms with E-state index in [0.717, 1.165) is 25.7 Å². The Morgan fingerprint density at radius 2 is 2.16 bits per heavy atom. The lowest BCUT2D eigenvalue weighted by atomic mass is 9.85. The van der Waals surface area contributed by atoms with Gasteiger partial charge in [0.1, 0.15) is 5.82 Å². The van der Waals surface area contributed by atoms with Crippen molar-refractivity contribution in [1.29, 1.82) is 0 Å². The van der Waals surface area contributed by atoms with Crippen LogP contribution in [-0.2, 0) is 0 Å². The Labute approximate surface area is 116 Å². The van der Waals surface area contributed by atoms with Crippen LogP contribution in [0.1, 0.15) is 36.2 Å². The molecule has 5 nitrogen and oxygen atoms in total. The van der Waals surface area contributed by atoms with Crippen molar-refractivity contribution in [2.45, 2.75) is 31.7 Å². The zero-order valence-corrected chi connectivity index (χ0v) is 11.2. The summed E-state index contributed by atoms with van der Waals surface area (Å²) in [5.41, 5.74) is -0.150. The van der Waals surface area contributed by atoms with Crippen molar-refractivity contribution in [3.8, 4) is 0 Å². The number of carboxylic acid groups (broad SMARTS) is 1. The van der Waals surface area contributed by atoms with E-state index in [-0.39, 0.29) is 29.3 Å². The lowest BCUT2D eigenvalue weighted by Gasteiger charge is -2.31. The van der Waals surface area contributed by atoms with Gasteiger partial charge in [0.15, 0.2) is 5.69 Å². The molecule has 3 N–H and O–H groups in total. The van der Waals surface area contributed by atoms with Crippen LogP contribution in [0.3, 0.4) is 0 Å². The molecule has 2 atom stereocenters. The molecule has 1 fully saturated rings. The van der Waals surface area contributed by atoms with Crippen LogP contribution in [0, 0.1) is 5.92 Å². The van der Waals surface area contributed by atoms with Crippen LogP contribution < -0.4 is 5.32 Å². The topological polar surface area (TPSA) is 82.5 Å². The summed E-state index contributed by atoms with van der Waals surface area (Å²) in [6, 6.07) is 3.32. The Kier molecular flexibility index (Phi) is 4.61. The van der Waals surface area contributed by atoms with Crippen LogP contribution in [0.4, 0.5) is 5.82 Å². The fraction of sp³-hybridized carbons (Fsp3) is 0.538. The third-order valence-corrected chi connectivity index (χ3v) is 3.83. The molecule has 1 heterocycles. The lowest BCUT2D eigenvalue weighted by Crippen LogP contribution is -2.34. The third kappa shape index (κ3) is 3.36. The number of hydrogen-bond acceptors (Lipinski definition) is 4. The van der Waals surface area contributed by atoms with Gasteiger partial charge in [0, 0.05) is 18.6 Å².